The maximum Gasteiger partial charge on any atom is 0.408 e. The molecule has 1 aromatic heterocycles. The maximum absolute atomic E-state index is 14.5. The first-order valence-electron chi connectivity index (χ1n) is 16.9. The van der Waals surface area contributed by atoms with Crippen molar-refractivity contribution in [3.8, 4) is 22.8 Å². The van der Waals surface area contributed by atoms with Gasteiger partial charge in [-0.3, -0.25) is 19.6 Å². The number of hydrogen-bond donors (Lipinski definition) is 4. The molecule has 1 saturated heterocycles. The second-order valence-corrected chi connectivity index (χ2v) is 15.1. The monoisotopic (exact) mass is 701 g/mol. The fraction of sp³-hybridized carbons (Fsp3) is 0.447. The number of carbonyl (C=O) groups is 4. The van der Waals surface area contributed by atoms with Crippen molar-refractivity contribution in [3.63, 3.8) is 0 Å². The summed E-state index contributed by atoms with van der Waals surface area (Å²) < 4.78 is 17.6. The van der Waals surface area contributed by atoms with Gasteiger partial charge in [-0.25, -0.2) is 15.3 Å². The number of nitrogens with zero attached hydrogens (tertiary/aromatic N) is 2. The van der Waals surface area contributed by atoms with Gasteiger partial charge in [-0.2, -0.15) is 0 Å². The Bertz CT molecular complexity index is 1820. The zero-order valence-corrected chi connectivity index (χ0v) is 30.1. The Balaban J connectivity index is 1.51. The highest BCUT2D eigenvalue weighted by molar-refractivity contribution is 5.98. The number of nitrogens with one attached hydrogen (secondary N) is 3. The van der Waals surface area contributed by atoms with Crippen LogP contribution in [0.25, 0.3) is 22.2 Å². The van der Waals surface area contributed by atoms with Crippen molar-refractivity contribution in [2.45, 2.75) is 83.7 Å². The third-order valence-corrected chi connectivity index (χ3v) is 9.12. The molecule has 51 heavy (non-hydrogen) atoms. The van der Waals surface area contributed by atoms with Crippen molar-refractivity contribution in [2.75, 3.05) is 13.7 Å². The number of carbonyl (C=O) groups excluding carboxylic acids is 4. The van der Waals surface area contributed by atoms with E-state index in [0.717, 1.165) is 5.56 Å². The molecule has 4 N–H and O–H groups in total. The number of likely N-dealkylation sites (tertiary alicyclic amines) is 1. The van der Waals surface area contributed by atoms with Crippen LogP contribution in [0.1, 0.15) is 54.4 Å². The summed E-state index contributed by atoms with van der Waals surface area (Å²) in [5.41, 5.74) is 0.773. The first kappa shape index (κ1) is 37.1. The van der Waals surface area contributed by atoms with Crippen molar-refractivity contribution in [3.05, 3.63) is 67.3 Å². The lowest BCUT2D eigenvalue weighted by molar-refractivity contribution is -0.143. The molecule has 1 aliphatic heterocycles. The van der Waals surface area contributed by atoms with Gasteiger partial charge in [-0.15, -0.1) is 6.58 Å². The van der Waals surface area contributed by atoms with Crippen LogP contribution in [-0.2, 0) is 19.1 Å². The number of rotatable bonds is 10. The van der Waals surface area contributed by atoms with Crippen LogP contribution in [0.3, 0.4) is 0 Å². The SMILES string of the molecule is C=C[C@@H]1C[C@]1(NC(=O)[C@@H]1C[C@@H](Oc2cc(-c3ccccc3)nc3cc(OC)ccc23)CN1C(=O)[C@@H](NC(=O)OC(C)(C)C)C(C)(C)C)C(=O)NO. The van der Waals surface area contributed by atoms with Gasteiger partial charge < -0.3 is 29.7 Å². The Morgan fingerprint density at radius 2 is 1.76 bits per heavy atom. The van der Waals surface area contributed by atoms with Crippen LogP contribution >= 0.6 is 0 Å². The van der Waals surface area contributed by atoms with Gasteiger partial charge in [0.05, 0.1) is 24.9 Å². The van der Waals surface area contributed by atoms with E-state index in [1.807, 2.05) is 48.5 Å². The van der Waals surface area contributed by atoms with E-state index in [9.17, 15) is 24.4 Å². The maximum atomic E-state index is 14.5. The third-order valence-electron chi connectivity index (χ3n) is 9.12. The number of pyridine rings is 1. The molecule has 1 saturated carbocycles. The second kappa shape index (κ2) is 14.2. The zero-order chi connectivity index (χ0) is 37.3. The van der Waals surface area contributed by atoms with Gasteiger partial charge in [-0.05, 0) is 44.7 Å². The van der Waals surface area contributed by atoms with E-state index >= 15 is 0 Å². The van der Waals surface area contributed by atoms with Gasteiger partial charge in [-0.1, -0.05) is 57.2 Å². The molecule has 5 atom stereocenters. The summed E-state index contributed by atoms with van der Waals surface area (Å²) in [6.07, 6.45) is 0.375. The summed E-state index contributed by atoms with van der Waals surface area (Å²) in [7, 11) is 1.57. The third kappa shape index (κ3) is 8.09. The molecule has 2 aromatic carbocycles. The number of aromatic nitrogens is 1. The van der Waals surface area contributed by atoms with E-state index in [2.05, 4.69) is 17.2 Å². The minimum atomic E-state index is -1.41. The smallest absolute Gasteiger partial charge is 0.408 e. The predicted octanol–water partition coefficient (Wildman–Crippen LogP) is 4.76. The summed E-state index contributed by atoms with van der Waals surface area (Å²) >= 11 is 0. The Morgan fingerprint density at radius 1 is 1.06 bits per heavy atom. The lowest BCUT2D eigenvalue weighted by atomic mass is 9.85. The Hall–Kier alpha value is -5.17. The van der Waals surface area contributed by atoms with Crippen LogP contribution in [0.4, 0.5) is 4.79 Å². The van der Waals surface area contributed by atoms with Crippen molar-refractivity contribution < 1.29 is 38.6 Å². The quantitative estimate of drug-likeness (QED) is 0.132. The number of alkyl carbamates (subject to hydrolysis) is 1. The average molecular weight is 702 g/mol. The number of hydroxylamine groups is 1. The minimum Gasteiger partial charge on any atom is -0.497 e. The molecular weight excluding hydrogens is 654 g/mol. The van der Waals surface area contributed by atoms with Gasteiger partial charge in [0.15, 0.2) is 0 Å². The van der Waals surface area contributed by atoms with E-state index in [1.165, 1.54) is 11.0 Å². The van der Waals surface area contributed by atoms with Gasteiger partial charge >= 0.3 is 6.09 Å². The number of ether oxygens (including phenoxy) is 3. The minimum absolute atomic E-state index is 0.00970. The molecule has 13 nitrogen and oxygen atoms in total. The fourth-order valence-corrected chi connectivity index (χ4v) is 6.39. The van der Waals surface area contributed by atoms with E-state index in [-0.39, 0.29) is 19.4 Å². The topological polar surface area (TPSA) is 168 Å². The number of fused-ring (bicyclic) bond motifs is 1. The predicted molar refractivity (Wildman–Crippen MR) is 190 cm³/mol. The molecule has 2 fully saturated rings. The number of benzene rings is 2. The Morgan fingerprint density at radius 3 is 2.35 bits per heavy atom. The summed E-state index contributed by atoms with van der Waals surface area (Å²) in [6, 6.07) is 14.7. The van der Waals surface area contributed by atoms with Gasteiger partial charge in [0.25, 0.3) is 5.91 Å². The van der Waals surface area contributed by atoms with E-state index in [1.54, 1.807) is 60.2 Å². The van der Waals surface area contributed by atoms with Crippen molar-refractivity contribution >= 4 is 34.7 Å². The summed E-state index contributed by atoms with van der Waals surface area (Å²) in [5, 5.41) is 15.7. The van der Waals surface area contributed by atoms with E-state index in [4.69, 9.17) is 19.2 Å². The highest BCUT2D eigenvalue weighted by atomic mass is 16.6. The molecule has 0 spiro atoms. The number of methoxy groups -OCH3 is 1. The molecule has 2 aliphatic rings. The van der Waals surface area contributed by atoms with Gasteiger partial charge in [0, 0.05) is 35.4 Å². The van der Waals surface area contributed by atoms with Crippen LogP contribution in [0.15, 0.2) is 67.3 Å². The highest BCUT2D eigenvalue weighted by Crippen LogP contribution is 2.45. The molecule has 0 bridgehead atoms. The van der Waals surface area contributed by atoms with Gasteiger partial charge in [0.2, 0.25) is 11.8 Å². The number of amides is 4. The largest absolute Gasteiger partial charge is 0.497 e. The zero-order valence-electron chi connectivity index (χ0n) is 30.1. The molecular formula is C38H47N5O8. The fourth-order valence-electron chi connectivity index (χ4n) is 6.39. The molecule has 4 amide bonds. The molecule has 3 aromatic rings. The first-order chi connectivity index (χ1) is 24.0. The molecule has 0 radical (unpaired) electrons. The molecule has 272 valence electrons. The standard InChI is InChI=1S/C38H47N5O8/c1-9-23-20-38(23,34(46)42-48)41-32(44)29-18-25(21-43(29)33(45)31(36(2,3)4)40-35(47)51-37(5,6)7)50-30-19-27(22-13-11-10-12-14-22)39-28-17-24(49-8)15-16-26(28)30/h9-17,19,23,25,29,31,48H,1,18,20-21H2,2-8H3,(H,40,47)(H,41,44)(H,42,46)/t23-,25-,29+,31-,38-/m1/s1. The van der Waals surface area contributed by atoms with Gasteiger partial charge in [0.1, 0.15) is 40.8 Å². The Labute approximate surface area is 297 Å². The van der Waals surface area contributed by atoms with Crippen molar-refractivity contribution in [2.24, 2.45) is 11.3 Å². The molecule has 2 heterocycles. The van der Waals surface area contributed by atoms with E-state index < -0.39 is 64.5 Å². The average Bonchev–Trinajstić information content (AvgIpc) is 3.63. The number of hydrogen-bond acceptors (Lipinski definition) is 9. The van der Waals surface area contributed by atoms with E-state index in [0.29, 0.717) is 28.1 Å². The van der Waals surface area contributed by atoms with Crippen LogP contribution in [0, 0.1) is 11.3 Å². The summed E-state index contributed by atoms with van der Waals surface area (Å²) in [6.45, 7) is 14.3. The lowest BCUT2D eigenvalue weighted by Gasteiger charge is -2.36. The molecule has 13 heteroatoms. The normalized spacial score (nSPS) is 22.0. The van der Waals surface area contributed by atoms with Crippen LogP contribution < -0.4 is 25.6 Å². The summed E-state index contributed by atoms with van der Waals surface area (Å²) in [4.78, 5) is 60.5. The van der Waals surface area contributed by atoms with Crippen LogP contribution in [0.2, 0.25) is 0 Å². The Kier molecular flexibility index (Phi) is 10.3. The highest BCUT2D eigenvalue weighted by Gasteiger charge is 2.61. The molecule has 0 unspecified atom stereocenters. The first-order valence-corrected chi connectivity index (χ1v) is 16.9. The van der Waals surface area contributed by atoms with Crippen LogP contribution in [0.5, 0.6) is 11.5 Å². The molecule has 1 aliphatic carbocycles. The van der Waals surface area contributed by atoms with Crippen LogP contribution in [-0.4, -0.2) is 81.9 Å². The summed E-state index contributed by atoms with van der Waals surface area (Å²) in [5.74, 6) is -1.23. The lowest BCUT2D eigenvalue weighted by Crippen LogP contribution is -2.60. The van der Waals surface area contributed by atoms with Crippen molar-refractivity contribution in [1.82, 2.24) is 26.0 Å². The second-order valence-electron chi connectivity index (χ2n) is 15.1. The molecule has 5 rings (SSSR count). The van der Waals surface area contributed by atoms with Crippen molar-refractivity contribution in [1.29, 1.82) is 0 Å².